The summed E-state index contributed by atoms with van der Waals surface area (Å²) in [5.74, 6) is 0.00591. The first-order valence-electron chi connectivity index (χ1n) is 14.3. The van der Waals surface area contributed by atoms with E-state index in [1.54, 1.807) is 6.07 Å². The molecule has 1 aromatic carbocycles. The number of alkyl halides is 3. The minimum Gasteiger partial charge on any atom is -0.376 e. The van der Waals surface area contributed by atoms with Crippen LogP contribution in [0.4, 0.5) is 13.2 Å². The van der Waals surface area contributed by atoms with Crippen LogP contribution < -0.4 is 0 Å². The molecule has 2 aromatic rings. The van der Waals surface area contributed by atoms with Crippen LogP contribution in [0.15, 0.2) is 24.5 Å². The molecule has 42 heavy (non-hydrogen) atoms. The number of nitrogens with zero attached hydrogens (tertiary/aromatic N) is 5. The van der Waals surface area contributed by atoms with Crippen LogP contribution in [0.5, 0.6) is 0 Å². The van der Waals surface area contributed by atoms with E-state index in [1.807, 2.05) is 25.7 Å². The third-order valence-corrected chi connectivity index (χ3v) is 9.31. The van der Waals surface area contributed by atoms with Crippen LogP contribution in [-0.2, 0) is 17.3 Å². The molecule has 3 heterocycles. The summed E-state index contributed by atoms with van der Waals surface area (Å²) in [4.78, 5) is 28.6. The zero-order valence-corrected chi connectivity index (χ0v) is 26.5. The highest BCUT2D eigenvalue weighted by Crippen LogP contribution is 2.43. The summed E-state index contributed by atoms with van der Waals surface area (Å²) >= 11 is 0. The molecule has 234 valence electrons. The second-order valence-corrected chi connectivity index (χ2v) is 11.8. The largest absolute Gasteiger partial charge is 0.416 e. The van der Waals surface area contributed by atoms with Crippen molar-refractivity contribution in [3.63, 3.8) is 0 Å². The van der Waals surface area contributed by atoms with Gasteiger partial charge in [-0.15, -0.1) is 24.8 Å². The van der Waals surface area contributed by atoms with Gasteiger partial charge in [-0.2, -0.15) is 13.2 Å². The van der Waals surface area contributed by atoms with Gasteiger partial charge in [0, 0.05) is 57.3 Å². The molecule has 7 nitrogen and oxygen atoms in total. The number of carbonyl (C=O) groups excluding carboxylic acids is 1. The number of amides is 1. The van der Waals surface area contributed by atoms with Crippen molar-refractivity contribution >= 4 is 30.7 Å². The number of hydrogen-bond acceptors (Lipinski definition) is 6. The molecule has 0 N–H and O–H groups in total. The summed E-state index contributed by atoms with van der Waals surface area (Å²) in [5.41, 5.74) is 3.11. The number of piperidine rings is 1. The van der Waals surface area contributed by atoms with Crippen LogP contribution >= 0.6 is 24.8 Å². The second-order valence-electron chi connectivity index (χ2n) is 11.8. The Morgan fingerprint density at radius 2 is 1.71 bits per heavy atom. The second kappa shape index (κ2) is 13.3. The smallest absolute Gasteiger partial charge is 0.376 e. The van der Waals surface area contributed by atoms with Gasteiger partial charge in [-0.3, -0.25) is 14.6 Å². The first kappa shape index (κ1) is 34.5. The zero-order chi connectivity index (χ0) is 28.8. The van der Waals surface area contributed by atoms with Crippen molar-refractivity contribution in [3.8, 4) is 0 Å². The van der Waals surface area contributed by atoms with E-state index >= 15 is 0 Å². The van der Waals surface area contributed by atoms with Gasteiger partial charge in [-0.25, -0.2) is 9.97 Å². The molecular formula is C30H42Cl2F3N5O2. The highest BCUT2D eigenvalue weighted by Gasteiger charge is 2.45. The number of hydrogen-bond donors (Lipinski definition) is 0. The molecule has 3 unspecified atom stereocenters. The SMILES string of the molecule is CCOC1Cc2cc(C(F)(F)F)ccc2C1N1CCN(C2(C)CCN(C(=O)c3c(C)ncnc3C)CC2)CC1C.Cl.Cl. The molecular weight excluding hydrogens is 590 g/mol. The highest BCUT2D eigenvalue weighted by molar-refractivity contribution is 5.96. The molecule has 12 heteroatoms. The maximum absolute atomic E-state index is 13.4. The monoisotopic (exact) mass is 631 g/mol. The van der Waals surface area contributed by atoms with E-state index in [9.17, 15) is 18.0 Å². The molecule has 5 rings (SSSR count). The molecule has 2 fully saturated rings. The Bertz CT molecular complexity index is 1240. The Labute approximate surface area is 259 Å². The van der Waals surface area contributed by atoms with Gasteiger partial charge in [0.15, 0.2) is 0 Å². The quantitative estimate of drug-likeness (QED) is 0.424. The van der Waals surface area contributed by atoms with Crippen molar-refractivity contribution in [2.75, 3.05) is 39.3 Å². The molecule has 0 bridgehead atoms. The van der Waals surface area contributed by atoms with Gasteiger partial charge in [0.25, 0.3) is 5.91 Å². The van der Waals surface area contributed by atoms with Crippen molar-refractivity contribution in [1.29, 1.82) is 0 Å². The summed E-state index contributed by atoms with van der Waals surface area (Å²) in [7, 11) is 0. The van der Waals surface area contributed by atoms with Crippen LogP contribution in [0.25, 0.3) is 0 Å². The number of benzene rings is 1. The van der Waals surface area contributed by atoms with Crippen LogP contribution in [0.3, 0.4) is 0 Å². The zero-order valence-electron chi connectivity index (χ0n) is 24.9. The van der Waals surface area contributed by atoms with E-state index in [2.05, 4.69) is 33.6 Å². The summed E-state index contributed by atoms with van der Waals surface area (Å²) < 4.78 is 46.3. The number of likely N-dealkylation sites (tertiary alicyclic amines) is 1. The fourth-order valence-electron chi connectivity index (χ4n) is 6.98. The van der Waals surface area contributed by atoms with Crippen molar-refractivity contribution in [1.82, 2.24) is 24.7 Å². The molecule has 1 aliphatic carbocycles. The van der Waals surface area contributed by atoms with Crippen molar-refractivity contribution < 1.29 is 22.7 Å². The highest BCUT2D eigenvalue weighted by atomic mass is 35.5. The van der Waals surface area contributed by atoms with E-state index in [4.69, 9.17) is 4.74 Å². The summed E-state index contributed by atoms with van der Waals surface area (Å²) in [6.45, 7) is 14.6. The number of carbonyl (C=O) groups is 1. The van der Waals surface area contributed by atoms with Gasteiger partial charge in [-0.1, -0.05) is 6.07 Å². The number of piperazine rings is 1. The van der Waals surface area contributed by atoms with Crippen LogP contribution in [0.2, 0.25) is 0 Å². The molecule has 3 aliphatic rings. The molecule has 0 spiro atoms. The lowest BCUT2D eigenvalue weighted by molar-refractivity contribution is -0.137. The topological polar surface area (TPSA) is 61.8 Å². The Morgan fingerprint density at radius 3 is 2.29 bits per heavy atom. The maximum atomic E-state index is 13.4. The van der Waals surface area contributed by atoms with Crippen molar-refractivity contribution in [3.05, 3.63) is 58.2 Å². The first-order chi connectivity index (χ1) is 18.9. The molecule has 1 aromatic heterocycles. The van der Waals surface area contributed by atoms with Crippen LogP contribution in [0, 0.1) is 13.8 Å². The predicted octanol–water partition coefficient (Wildman–Crippen LogP) is 5.66. The Morgan fingerprint density at radius 1 is 1.07 bits per heavy atom. The number of aryl methyl sites for hydroxylation is 2. The number of fused-ring (bicyclic) bond motifs is 1. The average molecular weight is 633 g/mol. The molecule has 2 aliphatic heterocycles. The molecule has 3 atom stereocenters. The predicted molar refractivity (Wildman–Crippen MR) is 161 cm³/mol. The van der Waals surface area contributed by atoms with Crippen LogP contribution in [0.1, 0.15) is 78.1 Å². The molecule has 0 radical (unpaired) electrons. The fraction of sp³-hybridized carbons (Fsp3) is 0.633. The standard InChI is InChI=1S/C30H40F3N5O2.2ClH/c1-6-40-25-16-22-15-23(30(31,32)33)7-8-24(22)27(25)38-14-13-37(17-19(38)2)29(5)9-11-36(12-10-29)28(39)26-20(3)34-18-35-21(26)4;;/h7-8,15,18-19,25,27H,6,9-14,16-17H2,1-5H3;2*1H. The normalized spacial score (nSPS) is 24.5. The van der Waals surface area contributed by atoms with Gasteiger partial charge in [0.05, 0.1) is 34.7 Å². The minimum absolute atomic E-state index is 0. The Balaban J connectivity index is 0.00000242. The Kier molecular flexibility index (Phi) is 11.0. The molecule has 1 amide bonds. The lowest BCUT2D eigenvalue weighted by Gasteiger charge is -2.53. The average Bonchev–Trinajstić information content (AvgIpc) is 3.25. The van der Waals surface area contributed by atoms with Crippen molar-refractivity contribution in [2.45, 2.75) is 83.8 Å². The van der Waals surface area contributed by atoms with Gasteiger partial charge in [0.2, 0.25) is 0 Å². The van der Waals surface area contributed by atoms with Gasteiger partial charge < -0.3 is 9.64 Å². The van der Waals surface area contributed by atoms with Gasteiger partial charge in [-0.05, 0) is 70.7 Å². The van der Waals surface area contributed by atoms with E-state index in [0.29, 0.717) is 43.1 Å². The van der Waals surface area contributed by atoms with E-state index in [1.165, 1.54) is 18.5 Å². The Hall–Kier alpha value is -1.98. The van der Waals surface area contributed by atoms with Crippen LogP contribution in [-0.4, -0.2) is 87.6 Å². The maximum Gasteiger partial charge on any atom is 0.416 e. The summed E-state index contributed by atoms with van der Waals surface area (Å²) in [5, 5.41) is 0. The fourth-order valence-corrected chi connectivity index (χ4v) is 6.98. The number of rotatable bonds is 5. The van der Waals surface area contributed by atoms with E-state index in [0.717, 1.165) is 43.6 Å². The van der Waals surface area contributed by atoms with Crippen molar-refractivity contribution in [2.24, 2.45) is 0 Å². The summed E-state index contributed by atoms with van der Waals surface area (Å²) in [6.07, 6.45) is -0.754. The molecule has 2 saturated heterocycles. The number of ether oxygens (including phenoxy) is 1. The van der Waals surface area contributed by atoms with E-state index in [-0.39, 0.29) is 54.4 Å². The van der Waals surface area contributed by atoms with Gasteiger partial charge in [0.1, 0.15) is 6.33 Å². The summed E-state index contributed by atoms with van der Waals surface area (Å²) in [6, 6.07) is 4.33. The lowest BCUT2D eigenvalue weighted by Crippen LogP contribution is -2.62. The third-order valence-electron chi connectivity index (χ3n) is 9.31. The number of aromatic nitrogens is 2. The van der Waals surface area contributed by atoms with E-state index < -0.39 is 11.7 Å². The number of halogens is 5. The lowest BCUT2D eigenvalue weighted by atomic mass is 9.86. The van der Waals surface area contributed by atoms with Gasteiger partial charge >= 0.3 is 6.18 Å². The first-order valence-corrected chi connectivity index (χ1v) is 14.3. The minimum atomic E-state index is -4.35. The molecule has 0 saturated carbocycles. The third kappa shape index (κ3) is 6.58.